The molecule has 0 aliphatic rings. The molecule has 120 valence electrons. The smallest absolute Gasteiger partial charge is 0.279 e. The van der Waals surface area contributed by atoms with Crippen molar-refractivity contribution < 1.29 is 9.18 Å². The molecule has 0 unspecified atom stereocenters. The number of hydrogen-bond donors (Lipinski definition) is 0. The molecule has 0 aliphatic heterocycles. The maximum absolute atomic E-state index is 13.4. The third-order valence-corrected chi connectivity index (χ3v) is 4.59. The first-order chi connectivity index (χ1) is 11.6. The number of nitriles is 1. The predicted molar refractivity (Wildman–Crippen MR) is 91.1 cm³/mol. The molecule has 3 rings (SSSR count). The van der Waals surface area contributed by atoms with E-state index < -0.39 is 0 Å². The van der Waals surface area contributed by atoms with Crippen LogP contribution < -0.4 is 4.80 Å². The van der Waals surface area contributed by atoms with Crippen LogP contribution in [-0.2, 0) is 6.54 Å². The van der Waals surface area contributed by atoms with Crippen LogP contribution in [-0.4, -0.2) is 10.5 Å². The number of hydrogen-bond acceptors (Lipinski definition) is 3. The fourth-order valence-corrected chi connectivity index (χ4v) is 3.49. The van der Waals surface area contributed by atoms with Crippen molar-refractivity contribution >= 4 is 27.5 Å². The SMILES string of the molecule is CCCn1c(=NC(=O)c2ccc(C#N)cc2)sc2cc(F)ccc21. The van der Waals surface area contributed by atoms with E-state index in [1.54, 1.807) is 30.3 Å². The lowest BCUT2D eigenvalue weighted by Crippen LogP contribution is -2.16. The summed E-state index contributed by atoms with van der Waals surface area (Å²) in [6.07, 6.45) is 0.876. The highest BCUT2D eigenvalue weighted by Gasteiger charge is 2.09. The van der Waals surface area contributed by atoms with Crippen molar-refractivity contribution in [2.24, 2.45) is 4.99 Å². The van der Waals surface area contributed by atoms with E-state index in [0.717, 1.165) is 16.6 Å². The van der Waals surface area contributed by atoms with E-state index in [0.29, 0.717) is 22.5 Å². The minimum atomic E-state index is -0.378. The van der Waals surface area contributed by atoms with Crippen LogP contribution in [0.3, 0.4) is 0 Å². The normalized spacial score (nSPS) is 11.6. The molecule has 1 amide bonds. The second-order valence-electron chi connectivity index (χ2n) is 5.25. The van der Waals surface area contributed by atoms with Gasteiger partial charge in [0, 0.05) is 12.1 Å². The summed E-state index contributed by atoms with van der Waals surface area (Å²) < 4.78 is 16.1. The molecule has 0 saturated heterocycles. The molecule has 0 bridgehead atoms. The first kappa shape index (κ1) is 16.1. The summed E-state index contributed by atoms with van der Waals surface area (Å²) in [4.78, 5) is 17.1. The number of fused-ring (bicyclic) bond motifs is 1. The molecule has 3 aromatic rings. The highest BCUT2D eigenvalue weighted by Crippen LogP contribution is 2.19. The van der Waals surface area contributed by atoms with E-state index >= 15 is 0 Å². The molecule has 24 heavy (non-hydrogen) atoms. The van der Waals surface area contributed by atoms with Crippen molar-refractivity contribution in [3.63, 3.8) is 0 Å². The average molecular weight is 339 g/mol. The van der Waals surface area contributed by atoms with Crippen LogP contribution in [0.1, 0.15) is 29.3 Å². The van der Waals surface area contributed by atoms with Crippen molar-refractivity contribution in [2.75, 3.05) is 0 Å². The Morgan fingerprint density at radius 3 is 2.71 bits per heavy atom. The minimum Gasteiger partial charge on any atom is -0.316 e. The summed E-state index contributed by atoms with van der Waals surface area (Å²) in [5.74, 6) is -0.686. The summed E-state index contributed by atoms with van der Waals surface area (Å²) in [5, 5.41) is 8.81. The molecule has 0 spiro atoms. The van der Waals surface area contributed by atoms with Gasteiger partial charge in [-0.3, -0.25) is 4.79 Å². The van der Waals surface area contributed by atoms with Crippen molar-refractivity contribution in [2.45, 2.75) is 19.9 Å². The Hall–Kier alpha value is -2.78. The summed E-state index contributed by atoms with van der Waals surface area (Å²) in [7, 11) is 0. The van der Waals surface area contributed by atoms with E-state index in [1.807, 2.05) is 17.6 Å². The Balaban J connectivity index is 2.09. The Morgan fingerprint density at radius 1 is 1.29 bits per heavy atom. The van der Waals surface area contributed by atoms with Gasteiger partial charge in [0.05, 0.1) is 21.8 Å². The number of carbonyl (C=O) groups excluding carboxylic acids is 1. The monoisotopic (exact) mass is 339 g/mol. The highest BCUT2D eigenvalue weighted by atomic mass is 32.1. The molecule has 0 N–H and O–H groups in total. The van der Waals surface area contributed by atoms with E-state index in [4.69, 9.17) is 5.26 Å². The van der Waals surface area contributed by atoms with Crippen LogP contribution in [0.5, 0.6) is 0 Å². The number of benzene rings is 2. The third-order valence-electron chi connectivity index (χ3n) is 3.55. The quantitative estimate of drug-likeness (QED) is 0.727. The van der Waals surface area contributed by atoms with Crippen LogP contribution >= 0.6 is 11.3 Å². The van der Waals surface area contributed by atoms with Gasteiger partial charge in [-0.25, -0.2) is 4.39 Å². The molecule has 2 aromatic carbocycles. The lowest BCUT2D eigenvalue weighted by atomic mass is 10.1. The second-order valence-corrected chi connectivity index (χ2v) is 6.26. The number of aryl methyl sites for hydroxylation is 1. The third kappa shape index (κ3) is 3.12. The van der Waals surface area contributed by atoms with Crippen molar-refractivity contribution in [3.8, 4) is 6.07 Å². The lowest BCUT2D eigenvalue weighted by Gasteiger charge is -2.02. The number of halogens is 1. The van der Waals surface area contributed by atoms with Gasteiger partial charge in [-0.1, -0.05) is 18.3 Å². The topological polar surface area (TPSA) is 58.1 Å². The van der Waals surface area contributed by atoms with Gasteiger partial charge < -0.3 is 4.57 Å². The Bertz CT molecular complexity index is 1010. The summed E-state index contributed by atoms with van der Waals surface area (Å²) in [6, 6.07) is 12.9. The van der Waals surface area contributed by atoms with Crippen molar-refractivity contribution in [3.05, 3.63) is 64.2 Å². The van der Waals surface area contributed by atoms with Crippen LogP contribution in [0.15, 0.2) is 47.5 Å². The van der Waals surface area contributed by atoms with Gasteiger partial charge in [-0.15, -0.1) is 0 Å². The summed E-state index contributed by atoms with van der Waals surface area (Å²) >= 11 is 1.29. The molecule has 0 fully saturated rings. The van der Waals surface area contributed by atoms with E-state index in [9.17, 15) is 9.18 Å². The van der Waals surface area contributed by atoms with Crippen LogP contribution in [0.4, 0.5) is 4.39 Å². The van der Waals surface area contributed by atoms with Crippen LogP contribution in [0, 0.1) is 17.1 Å². The maximum atomic E-state index is 13.4. The Morgan fingerprint density at radius 2 is 2.04 bits per heavy atom. The van der Waals surface area contributed by atoms with Gasteiger partial charge in [0.15, 0.2) is 4.80 Å². The molecule has 4 nitrogen and oxygen atoms in total. The number of carbonyl (C=O) groups is 1. The zero-order valence-corrected chi connectivity index (χ0v) is 13.8. The number of nitrogens with zero attached hydrogens (tertiary/aromatic N) is 3. The number of amides is 1. The number of aromatic nitrogens is 1. The predicted octanol–water partition coefficient (Wildman–Crippen LogP) is 3.86. The molecule has 0 radical (unpaired) electrons. The largest absolute Gasteiger partial charge is 0.316 e. The van der Waals surface area contributed by atoms with Crippen molar-refractivity contribution in [1.82, 2.24) is 4.57 Å². The molecule has 1 aromatic heterocycles. The highest BCUT2D eigenvalue weighted by molar-refractivity contribution is 7.16. The van der Waals surface area contributed by atoms with Gasteiger partial charge in [0.25, 0.3) is 5.91 Å². The fraction of sp³-hybridized carbons (Fsp3) is 0.167. The average Bonchev–Trinajstić information content (AvgIpc) is 2.91. The Kier molecular flexibility index (Phi) is 4.54. The van der Waals surface area contributed by atoms with Gasteiger partial charge >= 0.3 is 0 Å². The minimum absolute atomic E-state index is 0.308. The summed E-state index contributed by atoms with van der Waals surface area (Å²) in [6.45, 7) is 2.73. The zero-order valence-electron chi connectivity index (χ0n) is 13.0. The van der Waals surface area contributed by atoms with E-state index in [1.165, 1.54) is 23.5 Å². The molecule has 1 heterocycles. The molecule has 0 atom stereocenters. The van der Waals surface area contributed by atoms with Gasteiger partial charge in [-0.05, 0) is 48.9 Å². The number of thiazole rings is 1. The lowest BCUT2D eigenvalue weighted by molar-refractivity contribution is 0.0998. The zero-order chi connectivity index (χ0) is 17.1. The summed E-state index contributed by atoms with van der Waals surface area (Å²) in [5.41, 5.74) is 1.78. The fourth-order valence-electron chi connectivity index (χ4n) is 2.41. The standard InChI is InChI=1S/C18H14FN3OS/c1-2-9-22-15-8-7-14(19)10-16(15)24-18(22)21-17(23)13-5-3-12(11-20)4-6-13/h3-8,10H,2,9H2,1H3. The maximum Gasteiger partial charge on any atom is 0.279 e. The second kappa shape index (κ2) is 6.77. The molecule has 0 aliphatic carbocycles. The van der Waals surface area contributed by atoms with Gasteiger partial charge in [0.1, 0.15) is 5.82 Å². The first-order valence-corrected chi connectivity index (χ1v) is 8.32. The molecular formula is C18H14FN3OS. The molecule has 6 heteroatoms. The Labute approximate surface area is 142 Å². The van der Waals surface area contributed by atoms with Crippen molar-refractivity contribution in [1.29, 1.82) is 5.26 Å². The first-order valence-electron chi connectivity index (χ1n) is 7.50. The van der Waals surface area contributed by atoms with Crippen LogP contribution in [0.25, 0.3) is 10.2 Å². The van der Waals surface area contributed by atoms with E-state index in [-0.39, 0.29) is 11.7 Å². The van der Waals surface area contributed by atoms with Crippen LogP contribution in [0.2, 0.25) is 0 Å². The molecular weight excluding hydrogens is 325 g/mol. The number of rotatable bonds is 3. The van der Waals surface area contributed by atoms with E-state index in [2.05, 4.69) is 4.99 Å². The van der Waals surface area contributed by atoms with Gasteiger partial charge in [0.2, 0.25) is 0 Å². The van der Waals surface area contributed by atoms with Gasteiger partial charge in [-0.2, -0.15) is 10.3 Å². The molecule has 0 saturated carbocycles.